The van der Waals surface area contributed by atoms with Crippen molar-refractivity contribution in [3.63, 3.8) is 0 Å². The van der Waals surface area contributed by atoms with Crippen LogP contribution in [0.4, 0.5) is 0 Å². The standard InChI is InChI=1S/C14H14S/c1-2-6-11(7-3-1)14-10-12-8-4-5-9-13(12)15-14/h2,4-10,12-13H,1,3H2. The van der Waals surface area contributed by atoms with E-state index in [2.05, 4.69) is 48.6 Å². The van der Waals surface area contributed by atoms with Crippen LogP contribution in [0.25, 0.3) is 0 Å². The lowest BCUT2D eigenvalue weighted by atomic mass is 9.98. The average Bonchev–Trinajstić information content (AvgIpc) is 2.74. The van der Waals surface area contributed by atoms with Crippen molar-refractivity contribution in [1.29, 1.82) is 0 Å². The minimum Gasteiger partial charge on any atom is -0.117 e. The smallest absolute Gasteiger partial charge is 0.0375 e. The molecule has 1 aliphatic heterocycles. The van der Waals surface area contributed by atoms with Crippen molar-refractivity contribution in [2.75, 3.05) is 0 Å². The highest BCUT2D eigenvalue weighted by Gasteiger charge is 2.26. The van der Waals surface area contributed by atoms with Crippen molar-refractivity contribution in [2.24, 2.45) is 5.92 Å². The number of fused-ring (bicyclic) bond motifs is 1. The van der Waals surface area contributed by atoms with Crippen LogP contribution in [0.15, 0.2) is 59.1 Å². The molecule has 0 spiro atoms. The van der Waals surface area contributed by atoms with E-state index in [0.29, 0.717) is 11.2 Å². The first kappa shape index (κ1) is 9.29. The van der Waals surface area contributed by atoms with E-state index >= 15 is 0 Å². The third-order valence-corrected chi connectivity index (χ3v) is 4.38. The van der Waals surface area contributed by atoms with Crippen LogP contribution < -0.4 is 0 Å². The van der Waals surface area contributed by atoms with Gasteiger partial charge in [-0.25, -0.2) is 0 Å². The summed E-state index contributed by atoms with van der Waals surface area (Å²) in [6.07, 6.45) is 20.7. The van der Waals surface area contributed by atoms with E-state index in [0.717, 1.165) is 0 Å². The average molecular weight is 214 g/mol. The first-order valence-corrected chi connectivity index (χ1v) is 6.42. The molecular weight excluding hydrogens is 200 g/mol. The van der Waals surface area contributed by atoms with Gasteiger partial charge in [-0.2, -0.15) is 0 Å². The van der Waals surface area contributed by atoms with Gasteiger partial charge in [-0.15, -0.1) is 11.8 Å². The summed E-state index contributed by atoms with van der Waals surface area (Å²) < 4.78 is 0. The highest BCUT2D eigenvalue weighted by atomic mass is 32.2. The van der Waals surface area contributed by atoms with Gasteiger partial charge in [-0.1, -0.05) is 48.6 Å². The fourth-order valence-corrected chi connectivity index (χ4v) is 3.51. The topological polar surface area (TPSA) is 0 Å². The van der Waals surface area contributed by atoms with Gasteiger partial charge in [-0.3, -0.25) is 0 Å². The van der Waals surface area contributed by atoms with Crippen molar-refractivity contribution < 1.29 is 0 Å². The Morgan fingerprint density at radius 1 is 1.13 bits per heavy atom. The van der Waals surface area contributed by atoms with Gasteiger partial charge in [0.25, 0.3) is 0 Å². The van der Waals surface area contributed by atoms with Crippen molar-refractivity contribution in [3.05, 3.63) is 59.1 Å². The molecule has 2 aliphatic carbocycles. The normalized spacial score (nSPS) is 32.5. The van der Waals surface area contributed by atoms with Gasteiger partial charge in [0.2, 0.25) is 0 Å². The molecule has 0 nitrogen and oxygen atoms in total. The van der Waals surface area contributed by atoms with Crippen molar-refractivity contribution >= 4 is 11.8 Å². The first-order chi connectivity index (χ1) is 7.43. The van der Waals surface area contributed by atoms with Crippen LogP contribution in [0.2, 0.25) is 0 Å². The van der Waals surface area contributed by atoms with Crippen LogP contribution in [0.1, 0.15) is 12.8 Å². The van der Waals surface area contributed by atoms with Gasteiger partial charge in [0.1, 0.15) is 0 Å². The maximum atomic E-state index is 2.41. The Balaban J connectivity index is 1.84. The molecule has 0 aromatic rings. The van der Waals surface area contributed by atoms with E-state index in [-0.39, 0.29) is 0 Å². The highest BCUT2D eigenvalue weighted by Crippen LogP contribution is 2.43. The van der Waals surface area contributed by atoms with Crippen molar-refractivity contribution in [2.45, 2.75) is 18.1 Å². The predicted molar refractivity (Wildman–Crippen MR) is 67.7 cm³/mol. The summed E-state index contributed by atoms with van der Waals surface area (Å²) in [5, 5.41) is 0.640. The predicted octanol–water partition coefficient (Wildman–Crippen LogP) is 4.00. The third kappa shape index (κ3) is 1.76. The first-order valence-electron chi connectivity index (χ1n) is 5.54. The zero-order valence-corrected chi connectivity index (χ0v) is 9.41. The van der Waals surface area contributed by atoms with Crippen molar-refractivity contribution in [3.8, 4) is 0 Å². The van der Waals surface area contributed by atoms with E-state index in [1.165, 1.54) is 23.3 Å². The zero-order valence-electron chi connectivity index (χ0n) is 8.60. The van der Waals surface area contributed by atoms with Crippen molar-refractivity contribution in [1.82, 2.24) is 0 Å². The van der Waals surface area contributed by atoms with Crippen LogP contribution >= 0.6 is 11.8 Å². The maximum absolute atomic E-state index is 2.41. The van der Waals surface area contributed by atoms with E-state index in [9.17, 15) is 0 Å². The van der Waals surface area contributed by atoms with Crippen LogP contribution in [-0.2, 0) is 0 Å². The fourth-order valence-electron chi connectivity index (χ4n) is 2.19. The number of hydrogen-bond acceptors (Lipinski definition) is 1. The molecule has 0 amide bonds. The Bertz CT molecular complexity index is 407. The second-order valence-electron chi connectivity index (χ2n) is 4.10. The summed E-state index contributed by atoms with van der Waals surface area (Å²) in [6, 6.07) is 0. The lowest BCUT2D eigenvalue weighted by molar-refractivity contribution is 0.855. The summed E-state index contributed by atoms with van der Waals surface area (Å²) in [5.74, 6) is 0.617. The Morgan fingerprint density at radius 2 is 2.07 bits per heavy atom. The molecule has 1 heteroatoms. The molecule has 0 aromatic carbocycles. The Kier molecular flexibility index (Phi) is 2.41. The molecule has 3 aliphatic rings. The molecule has 3 rings (SSSR count). The summed E-state index contributed by atoms with van der Waals surface area (Å²) in [5.41, 5.74) is 1.43. The molecule has 2 unspecified atom stereocenters. The molecule has 0 radical (unpaired) electrons. The van der Waals surface area contributed by atoms with Gasteiger partial charge >= 0.3 is 0 Å². The highest BCUT2D eigenvalue weighted by molar-refractivity contribution is 8.04. The van der Waals surface area contributed by atoms with E-state index in [4.69, 9.17) is 0 Å². The number of hydrogen-bond donors (Lipinski definition) is 0. The number of rotatable bonds is 1. The Morgan fingerprint density at radius 3 is 2.87 bits per heavy atom. The van der Waals surface area contributed by atoms with Crippen LogP contribution in [0.3, 0.4) is 0 Å². The number of thioether (sulfide) groups is 1. The summed E-state index contributed by atoms with van der Waals surface area (Å²) >= 11 is 2.00. The van der Waals surface area contributed by atoms with Crippen LogP contribution in [0, 0.1) is 5.92 Å². The lowest BCUT2D eigenvalue weighted by Crippen LogP contribution is -2.07. The molecular formula is C14H14S. The molecule has 0 N–H and O–H groups in total. The van der Waals surface area contributed by atoms with Gasteiger partial charge in [0.05, 0.1) is 0 Å². The monoisotopic (exact) mass is 214 g/mol. The quantitative estimate of drug-likeness (QED) is 0.635. The Labute approximate surface area is 95.1 Å². The second kappa shape index (κ2) is 3.90. The zero-order chi connectivity index (χ0) is 10.1. The van der Waals surface area contributed by atoms with Crippen LogP contribution in [0.5, 0.6) is 0 Å². The van der Waals surface area contributed by atoms with Gasteiger partial charge in [-0.05, 0) is 18.4 Å². The number of allylic oxidation sites excluding steroid dienone is 8. The third-order valence-electron chi connectivity index (χ3n) is 3.01. The fraction of sp³-hybridized carbons (Fsp3) is 0.286. The molecule has 0 fully saturated rings. The minimum atomic E-state index is 0.617. The summed E-state index contributed by atoms with van der Waals surface area (Å²) in [7, 11) is 0. The van der Waals surface area contributed by atoms with Crippen LogP contribution in [-0.4, -0.2) is 5.25 Å². The SMILES string of the molecule is C1=CC2C=C(C3=CCCC=C3)SC2C=C1. The maximum Gasteiger partial charge on any atom is 0.0375 e. The molecule has 76 valence electrons. The molecule has 0 bridgehead atoms. The van der Waals surface area contributed by atoms with E-state index in [1.807, 2.05) is 11.8 Å². The summed E-state index contributed by atoms with van der Waals surface area (Å²) in [4.78, 5) is 1.47. The Hall–Kier alpha value is -0.950. The molecule has 2 atom stereocenters. The largest absolute Gasteiger partial charge is 0.117 e. The van der Waals surface area contributed by atoms with Gasteiger partial charge in [0, 0.05) is 16.1 Å². The van der Waals surface area contributed by atoms with Gasteiger partial charge < -0.3 is 0 Å². The van der Waals surface area contributed by atoms with E-state index < -0.39 is 0 Å². The molecule has 1 heterocycles. The molecule has 15 heavy (non-hydrogen) atoms. The van der Waals surface area contributed by atoms with E-state index in [1.54, 1.807) is 0 Å². The lowest BCUT2D eigenvalue weighted by Gasteiger charge is -2.13. The molecule has 0 aromatic heterocycles. The summed E-state index contributed by atoms with van der Waals surface area (Å²) in [6.45, 7) is 0. The molecule has 0 saturated heterocycles. The molecule has 0 saturated carbocycles. The van der Waals surface area contributed by atoms with Gasteiger partial charge in [0.15, 0.2) is 0 Å². The minimum absolute atomic E-state index is 0.617. The second-order valence-corrected chi connectivity index (χ2v) is 5.32.